The highest BCUT2D eigenvalue weighted by molar-refractivity contribution is 5.35. The molecule has 3 heteroatoms. The summed E-state index contributed by atoms with van der Waals surface area (Å²) in [6.07, 6.45) is 0. The van der Waals surface area contributed by atoms with Crippen LogP contribution in [0.1, 0.15) is 22.7 Å². The van der Waals surface area contributed by atoms with Crippen LogP contribution in [0.4, 0.5) is 8.78 Å². The largest absolute Gasteiger partial charge is 0.309 e. The third kappa shape index (κ3) is 2.41. The first-order chi connectivity index (χ1) is 8.63. The quantitative estimate of drug-likeness (QED) is 0.874. The van der Waals surface area contributed by atoms with E-state index >= 15 is 0 Å². The number of halogens is 2. The lowest BCUT2D eigenvalue weighted by Crippen LogP contribution is -2.19. The average Bonchev–Trinajstić information content (AvgIpc) is 2.38. The lowest BCUT2D eigenvalue weighted by Gasteiger charge is -2.18. The molecule has 2 aromatic rings. The molecule has 94 valence electrons. The first-order valence-corrected chi connectivity index (χ1v) is 5.81. The van der Waals surface area contributed by atoms with Crippen LogP contribution >= 0.6 is 0 Å². The van der Waals surface area contributed by atoms with E-state index in [0.717, 1.165) is 5.56 Å². The van der Waals surface area contributed by atoms with Gasteiger partial charge in [0.2, 0.25) is 0 Å². The minimum absolute atomic E-state index is 0.319. The van der Waals surface area contributed by atoms with E-state index in [2.05, 4.69) is 5.32 Å². The summed E-state index contributed by atoms with van der Waals surface area (Å²) in [5.41, 5.74) is 1.55. The summed E-state index contributed by atoms with van der Waals surface area (Å²) in [5.74, 6) is -0.778. The number of hydrogen-bond acceptors (Lipinski definition) is 1. The van der Waals surface area contributed by atoms with Gasteiger partial charge in [-0.05, 0) is 37.2 Å². The van der Waals surface area contributed by atoms with Crippen molar-refractivity contribution in [2.24, 2.45) is 0 Å². The molecule has 2 rings (SSSR count). The van der Waals surface area contributed by atoms with Crippen LogP contribution in [0.15, 0.2) is 42.5 Å². The maximum Gasteiger partial charge on any atom is 0.128 e. The van der Waals surface area contributed by atoms with Gasteiger partial charge in [-0.25, -0.2) is 8.78 Å². The van der Waals surface area contributed by atoms with Crippen molar-refractivity contribution in [1.82, 2.24) is 5.32 Å². The van der Waals surface area contributed by atoms with E-state index < -0.39 is 5.82 Å². The zero-order chi connectivity index (χ0) is 13.1. The molecule has 0 saturated carbocycles. The molecule has 0 amide bonds. The highest BCUT2D eigenvalue weighted by atomic mass is 19.1. The van der Waals surface area contributed by atoms with Gasteiger partial charge in [0.1, 0.15) is 11.6 Å². The molecule has 18 heavy (non-hydrogen) atoms. The number of nitrogens with one attached hydrogen (secondary N) is 1. The summed E-state index contributed by atoms with van der Waals surface area (Å²) in [4.78, 5) is 0. The van der Waals surface area contributed by atoms with Crippen LogP contribution in [0.25, 0.3) is 0 Å². The third-order valence-corrected chi connectivity index (χ3v) is 3.01. The van der Waals surface area contributed by atoms with E-state index in [1.807, 2.05) is 30.3 Å². The third-order valence-electron chi connectivity index (χ3n) is 3.01. The van der Waals surface area contributed by atoms with Gasteiger partial charge in [0.15, 0.2) is 0 Å². The molecule has 1 nitrogen and oxygen atoms in total. The van der Waals surface area contributed by atoms with Gasteiger partial charge in [0.05, 0.1) is 6.04 Å². The van der Waals surface area contributed by atoms with Crippen LogP contribution in [0.3, 0.4) is 0 Å². The first kappa shape index (κ1) is 12.7. The summed E-state index contributed by atoms with van der Waals surface area (Å²) in [5, 5.41) is 3.02. The van der Waals surface area contributed by atoms with Crippen molar-refractivity contribution in [2.45, 2.75) is 13.0 Å². The minimum Gasteiger partial charge on any atom is -0.309 e. The van der Waals surface area contributed by atoms with E-state index in [0.29, 0.717) is 11.1 Å². The molecule has 0 radical (unpaired) electrons. The summed E-state index contributed by atoms with van der Waals surface area (Å²) >= 11 is 0. The molecule has 0 heterocycles. The van der Waals surface area contributed by atoms with Gasteiger partial charge >= 0.3 is 0 Å². The summed E-state index contributed by atoms with van der Waals surface area (Å²) < 4.78 is 27.5. The standard InChI is InChI=1S/C15H15F2N/c1-10-8-14(17)12(9-13(10)16)15(18-2)11-6-4-3-5-7-11/h3-9,15,18H,1-2H3. The van der Waals surface area contributed by atoms with Gasteiger partial charge in [0.25, 0.3) is 0 Å². The lowest BCUT2D eigenvalue weighted by atomic mass is 9.97. The van der Waals surface area contributed by atoms with Gasteiger partial charge in [0, 0.05) is 5.56 Å². The predicted molar refractivity (Wildman–Crippen MR) is 68.4 cm³/mol. The Morgan fingerprint density at radius 2 is 1.67 bits per heavy atom. The Kier molecular flexibility index (Phi) is 3.72. The number of hydrogen-bond donors (Lipinski definition) is 1. The Labute approximate surface area is 105 Å². The van der Waals surface area contributed by atoms with Crippen LogP contribution in [0.5, 0.6) is 0 Å². The molecule has 1 unspecified atom stereocenters. The fourth-order valence-electron chi connectivity index (χ4n) is 2.03. The topological polar surface area (TPSA) is 12.0 Å². The zero-order valence-corrected chi connectivity index (χ0v) is 10.4. The zero-order valence-electron chi connectivity index (χ0n) is 10.4. The highest BCUT2D eigenvalue weighted by Gasteiger charge is 2.17. The second kappa shape index (κ2) is 5.27. The second-order valence-corrected chi connectivity index (χ2v) is 4.26. The Hall–Kier alpha value is -1.74. The fourth-order valence-corrected chi connectivity index (χ4v) is 2.03. The van der Waals surface area contributed by atoms with Crippen LogP contribution < -0.4 is 5.32 Å². The number of rotatable bonds is 3. The average molecular weight is 247 g/mol. The molecule has 0 aromatic heterocycles. The Bertz CT molecular complexity index is 538. The molecule has 0 bridgehead atoms. The van der Waals surface area contributed by atoms with Gasteiger partial charge in [-0.2, -0.15) is 0 Å². The van der Waals surface area contributed by atoms with Gasteiger partial charge in [-0.15, -0.1) is 0 Å². The molecule has 0 aliphatic carbocycles. The summed E-state index contributed by atoms with van der Waals surface area (Å²) in [7, 11) is 1.73. The van der Waals surface area contributed by atoms with Crippen LogP contribution in [0, 0.1) is 18.6 Å². The molecule has 0 aliphatic rings. The van der Waals surface area contributed by atoms with Crippen LogP contribution in [-0.2, 0) is 0 Å². The Balaban J connectivity index is 2.49. The molecule has 0 spiro atoms. The molecule has 1 N–H and O–H groups in total. The fraction of sp³-hybridized carbons (Fsp3) is 0.200. The van der Waals surface area contributed by atoms with Crippen molar-refractivity contribution in [3.8, 4) is 0 Å². The van der Waals surface area contributed by atoms with Crippen molar-refractivity contribution < 1.29 is 8.78 Å². The first-order valence-electron chi connectivity index (χ1n) is 5.81. The minimum atomic E-state index is -0.392. The van der Waals surface area contributed by atoms with E-state index in [9.17, 15) is 8.78 Å². The lowest BCUT2D eigenvalue weighted by molar-refractivity contribution is 0.553. The molecular formula is C15H15F2N. The van der Waals surface area contributed by atoms with Crippen molar-refractivity contribution in [1.29, 1.82) is 0 Å². The predicted octanol–water partition coefficient (Wildman–Crippen LogP) is 3.58. The molecule has 0 aliphatic heterocycles. The summed E-state index contributed by atoms with van der Waals surface area (Å²) in [6, 6.07) is 11.6. The van der Waals surface area contributed by atoms with Crippen LogP contribution in [0.2, 0.25) is 0 Å². The Morgan fingerprint density at radius 1 is 1.00 bits per heavy atom. The van der Waals surface area contributed by atoms with Crippen molar-refractivity contribution in [2.75, 3.05) is 7.05 Å². The molecular weight excluding hydrogens is 232 g/mol. The van der Waals surface area contributed by atoms with Crippen LogP contribution in [-0.4, -0.2) is 7.05 Å². The smallest absolute Gasteiger partial charge is 0.128 e. The van der Waals surface area contributed by atoms with Gasteiger partial charge in [-0.1, -0.05) is 30.3 Å². The number of benzene rings is 2. The Morgan fingerprint density at radius 3 is 2.28 bits per heavy atom. The van der Waals surface area contributed by atoms with Crippen molar-refractivity contribution >= 4 is 0 Å². The van der Waals surface area contributed by atoms with Gasteiger partial charge in [-0.3, -0.25) is 0 Å². The van der Waals surface area contributed by atoms with Crippen molar-refractivity contribution in [3.63, 3.8) is 0 Å². The molecule has 0 saturated heterocycles. The van der Waals surface area contributed by atoms with Gasteiger partial charge < -0.3 is 5.32 Å². The molecule has 1 atom stereocenters. The molecule has 2 aromatic carbocycles. The van der Waals surface area contributed by atoms with E-state index in [1.54, 1.807) is 14.0 Å². The van der Waals surface area contributed by atoms with E-state index in [1.165, 1.54) is 12.1 Å². The van der Waals surface area contributed by atoms with E-state index in [-0.39, 0.29) is 11.9 Å². The SMILES string of the molecule is CNC(c1ccccc1)c1cc(F)c(C)cc1F. The number of aryl methyl sites for hydroxylation is 1. The highest BCUT2D eigenvalue weighted by Crippen LogP contribution is 2.26. The molecule has 0 fully saturated rings. The monoisotopic (exact) mass is 247 g/mol. The second-order valence-electron chi connectivity index (χ2n) is 4.26. The normalized spacial score (nSPS) is 12.4. The maximum atomic E-state index is 13.9. The van der Waals surface area contributed by atoms with E-state index in [4.69, 9.17) is 0 Å². The summed E-state index contributed by atoms with van der Waals surface area (Å²) in [6.45, 7) is 1.55. The maximum absolute atomic E-state index is 13.9. The van der Waals surface area contributed by atoms with Crippen molar-refractivity contribution in [3.05, 3.63) is 70.8 Å².